The van der Waals surface area contributed by atoms with E-state index in [0.29, 0.717) is 16.3 Å². The molecule has 0 aliphatic carbocycles. The summed E-state index contributed by atoms with van der Waals surface area (Å²) in [5.74, 6) is 0.433. The molecular weight excluding hydrogens is 342 g/mol. The summed E-state index contributed by atoms with van der Waals surface area (Å²) in [6.45, 7) is 0.200. The van der Waals surface area contributed by atoms with Crippen LogP contribution >= 0.6 is 22.7 Å². The molecule has 2 aromatic heterocycles. The molecule has 3 aromatic rings. The van der Waals surface area contributed by atoms with E-state index in [0.717, 1.165) is 10.6 Å². The first-order valence-electron chi connectivity index (χ1n) is 7.21. The van der Waals surface area contributed by atoms with E-state index in [1.165, 1.54) is 11.3 Å². The summed E-state index contributed by atoms with van der Waals surface area (Å²) < 4.78 is 0. The topological polar surface area (TPSA) is 80.4 Å². The summed E-state index contributed by atoms with van der Waals surface area (Å²) in [5, 5.41) is 33.0. The van der Waals surface area contributed by atoms with Crippen molar-refractivity contribution in [2.45, 2.75) is 0 Å². The third-order valence-electron chi connectivity index (χ3n) is 3.74. The van der Waals surface area contributed by atoms with Crippen LogP contribution in [0.25, 0.3) is 16.1 Å². The fourth-order valence-corrected chi connectivity index (χ4v) is 4.26. The number of thiazole rings is 1. The molecular formula is C17H13N3O2S2. The number of rotatable bonds is 3. The van der Waals surface area contributed by atoms with Gasteiger partial charge in [0.1, 0.15) is 22.4 Å². The van der Waals surface area contributed by atoms with Crippen LogP contribution in [0.3, 0.4) is 0 Å². The van der Waals surface area contributed by atoms with Crippen molar-refractivity contribution < 1.29 is 10.2 Å². The molecule has 0 saturated heterocycles. The minimum absolute atomic E-state index is 0.121. The number of aliphatic hydroxyl groups excluding tert-OH is 1. The highest BCUT2D eigenvalue weighted by molar-refractivity contribution is 7.14. The molecule has 1 aliphatic rings. The van der Waals surface area contributed by atoms with E-state index in [2.05, 4.69) is 4.98 Å². The van der Waals surface area contributed by atoms with Gasteiger partial charge >= 0.3 is 0 Å². The Morgan fingerprint density at radius 1 is 1.12 bits per heavy atom. The molecule has 1 aliphatic heterocycles. The maximum Gasteiger partial charge on any atom is 0.139 e. The minimum Gasteiger partial charge on any atom is -0.510 e. The van der Waals surface area contributed by atoms with Crippen LogP contribution < -0.4 is 4.90 Å². The van der Waals surface area contributed by atoms with Gasteiger partial charge < -0.3 is 15.1 Å². The predicted molar refractivity (Wildman–Crippen MR) is 98.2 cm³/mol. The molecule has 0 amide bonds. The van der Waals surface area contributed by atoms with Crippen LogP contribution in [0.15, 0.2) is 52.9 Å². The van der Waals surface area contributed by atoms with E-state index in [9.17, 15) is 10.2 Å². The molecule has 5 nitrogen and oxygen atoms in total. The lowest BCUT2D eigenvalue weighted by atomic mass is 10.2. The first kappa shape index (κ1) is 14.9. The first-order chi connectivity index (χ1) is 11.6. The summed E-state index contributed by atoms with van der Waals surface area (Å²) in [6, 6.07) is 10.6. The molecule has 0 bridgehead atoms. The van der Waals surface area contributed by atoms with Crippen molar-refractivity contribution in [2.75, 3.05) is 11.4 Å². The van der Waals surface area contributed by atoms with E-state index < -0.39 is 0 Å². The fraction of sp³-hybridized carbons (Fsp3) is 0.0588. The Balaban J connectivity index is 1.67. The van der Waals surface area contributed by atoms with Crippen molar-refractivity contribution >= 4 is 39.8 Å². The van der Waals surface area contributed by atoms with Gasteiger partial charge in [0, 0.05) is 17.1 Å². The average Bonchev–Trinajstić information content (AvgIpc) is 3.27. The van der Waals surface area contributed by atoms with Crippen molar-refractivity contribution in [3.63, 3.8) is 0 Å². The Morgan fingerprint density at radius 2 is 2.00 bits per heavy atom. The molecule has 3 heterocycles. The minimum atomic E-state index is 0.121. The second kappa shape index (κ2) is 5.77. The number of thiophene rings is 1. The lowest BCUT2D eigenvalue weighted by Crippen LogP contribution is -2.25. The van der Waals surface area contributed by atoms with E-state index in [1.807, 2.05) is 22.9 Å². The lowest BCUT2D eigenvalue weighted by Gasteiger charge is -2.18. The third-order valence-corrected chi connectivity index (χ3v) is 5.49. The number of aromatic hydroxyl groups is 1. The molecule has 1 aromatic carbocycles. The van der Waals surface area contributed by atoms with Crippen molar-refractivity contribution in [3.05, 3.63) is 57.9 Å². The quantitative estimate of drug-likeness (QED) is 0.653. The molecule has 0 radical (unpaired) electrons. The van der Waals surface area contributed by atoms with Gasteiger partial charge in [-0.05, 0) is 23.6 Å². The molecule has 4 rings (SSSR count). The van der Waals surface area contributed by atoms with Gasteiger partial charge in [0.25, 0.3) is 0 Å². The normalized spacial score (nSPS) is 14.7. The Hall–Kier alpha value is -2.64. The molecule has 0 saturated carbocycles. The summed E-state index contributed by atoms with van der Waals surface area (Å²) in [4.78, 5) is 7.29. The highest BCUT2D eigenvalue weighted by Gasteiger charge is 2.31. The Morgan fingerprint density at radius 3 is 2.75 bits per heavy atom. The number of nitrogens with one attached hydrogen (secondary N) is 1. The summed E-state index contributed by atoms with van der Waals surface area (Å²) in [7, 11) is 0. The number of phenols is 1. The maximum atomic E-state index is 10.4. The van der Waals surface area contributed by atoms with Crippen LogP contribution in [0.5, 0.6) is 5.75 Å². The van der Waals surface area contributed by atoms with Gasteiger partial charge in [0.05, 0.1) is 22.7 Å². The predicted octanol–water partition coefficient (Wildman–Crippen LogP) is 4.34. The van der Waals surface area contributed by atoms with Gasteiger partial charge in [-0.3, -0.25) is 5.41 Å². The second-order valence-electron chi connectivity index (χ2n) is 5.29. The van der Waals surface area contributed by atoms with Gasteiger partial charge in [0.15, 0.2) is 0 Å². The van der Waals surface area contributed by atoms with E-state index in [-0.39, 0.29) is 23.9 Å². The number of phenolic OH excluding ortho intramolecular Hbond substituents is 1. The molecule has 3 N–H and O–H groups in total. The van der Waals surface area contributed by atoms with E-state index in [1.54, 1.807) is 40.5 Å². The van der Waals surface area contributed by atoms with Gasteiger partial charge in [-0.25, -0.2) is 4.98 Å². The SMILES string of the molecule is N=C1C(c2nc(-c3cccs3)cs2)=C(O)CN1c1cccc(O)c1. The summed E-state index contributed by atoms with van der Waals surface area (Å²) in [5.41, 5.74) is 1.97. The lowest BCUT2D eigenvalue weighted by molar-refractivity contribution is 0.411. The number of hydrogen-bond acceptors (Lipinski definition) is 6. The number of hydrogen-bond donors (Lipinski definition) is 3. The van der Waals surface area contributed by atoms with Crippen LogP contribution in [-0.4, -0.2) is 27.6 Å². The fourth-order valence-electron chi connectivity index (χ4n) is 2.61. The zero-order valence-electron chi connectivity index (χ0n) is 12.4. The number of aliphatic hydroxyl groups is 1. The number of nitrogens with zero attached hydrogens (tertiary/aromatic N) is 2. The van der Waals surface area contributed by atoms with Gasteiger partial charge in [0.2, 0.25) is 0 Å². The van der Waals surface area contributed by atoms with Crippen LogP contribution in [0.2, 0.25) is 0 Å². The molecule has 0 spiro atoms. The number of amidine groups is 1. The summed E-state index contributed by atoms with van der Waals surface area (Å²) in [6.07, 6.45) is 0. The van der Waals surface area contributed by atoms with Crippen LogP contribution in [0.4, 0.5) is 5.69 Å². The van der Waals surface area contributed by atoms with Gasteiger partial charge in [-0.15, -0.1) is 22.7 Å². The first-order valence-corrected chi connectivity index (χ1v) is 8.97. The Bertz CT molecular complexity index is 944. The summed E-state index contributed by atoms with van der Waals surface area (Å²) >= 11 is 3.02. The number of aromatic nitrogens is 1. The Labute approximate surface area is 146 Å². The molecule has 24 heavy (non-hydrogen) atoms. The highest BCUT2D eigenvalue weighted by atomic mass is 32.1. The zero-order chi connectivity index (χ0) is 16.7. The molecule has 0 fully saturated rings. The zero-order valence-corrected chi connectivity index (χ0v) is 14.1. The largest absolute Gasteiger partial charge is 0.510 e. The molecule has 0 atom stereocenters. The highest BCUT2D eigenvalue weighted by Crippen LogP contribution is 2.35. The third kappa shape index (κ3) is 2.47. The maximum absolute atomic E-state index is 10.4. The van der Waals surface area contributed by atoms with Crippen LogP contribution in [0.1, 0.15) is 5.01 Å². The van der Waals surface area contributed by atoms with Crippen LogP contribution in [0, 0.1) is 5.41 Å². The second-order valence-corrected chi connectivity index (χ2v) is 7.10. The van der Waals surface area contributed by atoms with Gasteiger partial charge in [-0.2, -0.15) is 0 Å². The average molecular weight is 355 g/mol. The molecule has 120 valence electrons. The molecule has 7 heteroatoms. The molecule has 0 unspecified atom stereocenters. The van der Waals surface area contributed by atoms with E-state index in [4.69, 9.17) is 5.41 Å². The Kier molecular flexibility index (Phi) is 3.59. The van der Waals surface area contributed by atoms with Crippen molar-refractivity contribution in [1.82, 2.24) is 4.98 Å². The van der Waals surface area contributed by atoms with Crippen LogP contribution in [-0.2, 0) is 0 Å². The van der Waals surface area contributed by atoms with Crippen molar-refractivity contribution in [2.24, 2.45) is 0 Å². The van der Waals surface area contributed by atoms with Crippen molar-refractivity contribution in [1.29, 1.82) is 5.41 Å². The monoisotopic (exact) mass is 355 g/mol. The number of benzene rings is 1. The van der Waals surface area contributed by atoms with E-state index >= 15 is 0 Å². The standard InChI is InChI=1S/C17H13N3O2S2/c18-16-15(17-19-12(9-24-17)14-5-2-6-23-14)13(22)8-20(16)10-3-1-4-11(21)7-10/h1-7,9,18,21-22H,8H2. The van der Waals surface area contributed by atoms with Gasteiger partial charge in [-0.1, -0.05) is 12.1 Å². The van der Waals surface area contributed by atoms with Crippen molar-refractivity contribution in [3.8, 4) is 16.3 Å². The smallest absolute Gasteiger partial charge is 0.139 e. The number of anilines is 1.